The first kappa shape index (κ1) is 15.8. The standard InChI is InChI=1S/C15H19BrF3N/c1-2-8-20-14(10-4-3-5-10)11-6-7-13(16)12(9-11)15(17,18)19/h6-7,9-10,14,20H,2-5,8H2,1H3. The van der Waals surface area contributed by atoms with Gasteiger partial charge in [-0.15, -0.1) is 0 Å². The van der Waals surface area contributed by atoms with Crippen LogP contribution in [0.25, 0.3) is 0 Å². The molecule has 1 aromatic rings. The van der Waals surface area contributed by atoms with Crippen molar-refractivity contribution in [1.29, 1.82) is 0 Å². The normalized spacial score (nSPS) is 17.9. The summed E-state index contributed by atoms with van der Waals surface area (Å²) in [6.45, 7) is 2.89. The molecular formula is C15H19BrF3N. The van der Waals surface area contributed by atoms with Gasteiger partial charge in [-0.3, -0.25) is 0 Å². The van der Waals surface area contributed by atoms with Gasteiger partial charge in [0.05, 0.1) is 5.56 Å². The molecule has 0 spiro atoms. The second-order valence-corrected chi connectivity index (χ2v) is 6.21. The molecule has 0 saturated heterocycles. The summed E-state index contributed by atoms with van der Waals surface area (Å²) < 4.78 is 39.1. The Kier molecular flexibility index (Phi) is 5.13. The van der Waals surface area contributed by atoms with Crippen LogP contribution < -0.4 is 5.32 Å². The third kappa shape index (κ3) is 3.55. The SMILES string of the molecule is CCCNC(c1ccc(Br)c(C(F)(F)F)c1)C1CCC1. The van der Waals surface area contributed by atoms with Crippen molar-refractivity contribution in [3.8, 4) is 0 Å². The van der Waals surface area contributed by atoms with Gasteiger partial charge in [-0.1, -0.05) is 35.3 Å². The molecule has 1 N–H and O–H groups in total. The summed E-state index contributed by atoms with van der Waals surface area (Å²) >= 11 is 3.00. The monoisotopic (exact) mass is 349 g/mol. The maximum atomic E-state index is 13.0. The van der Waals surface area contributed by atoms with Crippen LogP contribution >= 0.6 is 15.9 Å². The van der Waals surface area contributed by atoms with Crippen LogP contribution in [-0.2, 0) is 6.18 Å². The van der Waals surface area contributed by atoms with Crippen molar-refractivity contribution >= 4 is 15.9 Å². The number of benzene rings is 1. The molecule has 0 heterocycles. The molecule has 1 aromatic carbocycles. The van der Waals surface area contributed by atoms with E-state index in [1.807, 2.05) is 0 Å². The molecule has 5 heteroatoms. The molecule has 20 heavy (non-hydrogen) atoms. The fourth-order valence-corrected chi connectivity index (χ4v) is 3.05. The maximum Gasteiger partial charge on any atom is 0.417 e. The first-order chi connectivity index (χ1) is 9.43. The number of hydrogen-bond acceptors (Lipinski definition) is 1. The Hall–Kier alpha value is -0.550. The Morgan fingerprint density at radius 2 is 2.05 bits per heavy atom. The van der Waals surface area contributed by atoms with Gasteiger partial charge in [0, 0.05) is 10.5 Å². The average Bonchev–Trinajstić information content (AvgIpc) is 2.31. The Morgan fingerprint density at radius 3 is 2.55 bits per heavy atom. The zero-order chi connectivity index (χ0) is 14.8. The Labute approximate surface area is 126 Å². The zero-order valence-corrected chi connectivity index (χ0v) is 13.0. The molecule has 1 atom stereocenters. The molecule has 2 rings (SSSR count). The number of nitrogens with one attached hydrogen (secondary N) is 1. The van der Waals surface area contributed by atoms with Crippen LogP contribution in [0.1, 0.15) is 49.8 Å². The van der Waals surface area contributed by atoms with Gasteiger partial charge < -0.3 is 5.32 Å². The highest BCUT2D eigenvalue weighted by Gasteiger charge is 2.35. The molecule has 1 saturated carbocycles. The van der Waals surface area contributed by atoms with Gasteiger partial charge in [0.1, 0.15) is 0 Å². The number of alkyl halides is 3. The van der Waals surface area contributed by atoms with Crippen molar-refractivity contribution in [2.75, 3.05) is 6.54 Å². The number of halogens is 4. The van der Waals surface area contributed by atoms with Crippen molar-refractivity contribution in [2.45, 2.75) is 44.8 Å². The van der Waals surface area contributed by atoms with E-state index >= 15 is 0 Å². The summed E-state index contributed by atoms with van der Waals surface area (Å²) in [4.78, 5) is 0. The highest BCUT2D eigenvalue weighted by atomic mass is 79.9. The Bertz CT molecular complexity index is 455. The van der Waals surface area contributed by atoms with Gasteiger partial charge in [-0.25, -0.2) is 0 Å². The molecule has 1 fully saturated rings. The van der Waals surface area contributed by atoms with E-state index in [2.05, 4.69) is 28.2 Å². The highest BCUT2D eigenvalue weighted by Crippen LogP contribution is 2.41. The van der Waals surface area contributed by atoms with Crippen molar-refractivity contribution < 1.29 is 13.2 Å². The van der Waals surface area contributed by atoms with Crippen LogP contribution in [0.2, 0.25) is 0 Å². The molecule has 1 unspecified atom stereocenters. The van der Waals surface area contributed by atoms with Gasteiger partial charge in [0.2, 0.25) is 0 Å². The number of hydrogen-bond donors (Lipinski definition) is 1. The molecule has 0 aromatic heterocycles. The molecule has 0 bridgehead atoms. The lowest BCUT2D eigenvalue weighted by molar-refractivity contribution is -0.138. The molecule has 1 aliphatic rings. The predicted molar refractivity (Wildman–Crippen MR) is 77.5 cm³/mol. The van der Waals surface area contributed by atoms with Crippen LogP contribution in [0.5, 0.6) is 0 Å². The fraction of sp³-hybridized carbons (Fsp3) is 0.600. The molecule has 112 valence electrons. The summed E-state index contributed by atoms with van der Waals surface area (Å²) in [5, 5.41) is 3.40. The van der Waals surface area contributed by atoms with E-state index in [4.69, 9.17) is 0 Å². The van der Waals surface area contributed by atoms with Crippen LogP contribution in [0.4, 0.5) is 13.2 Å². The summed E-state index contributed by atoms with van der Waals surface area (Å²) in [5.74, 6) is 0.462. The van der Waals surface area contributed by atoms with Crippen molar-refractivity contribution in [3.63, 3.8) is 0 Å². The van der Waals surface area contributed by atoms with Gasteiger partial charge >= 0.3 is 6.18 Å². The van der Waals surface area contributed by atoms with E-state index in [-0.39, 0.29) is 10.5 Å². The maximum absolute atomic E-state index is 13.0. The molecule has 0 radical (unpaired) electrons. The second kappa shape index (κ2) is 6.48. The Balaban J connectivity index is 2.28. The summed E-state index contributed by atoms with van der Waals surface area (Å²) in [6.07, 6.45) is 0.0326. The van der Waals surface area contributed by atoms with E-state index in [0.717, 1.165) is 31.4 Å². The molecule has 0 amide bonds. The average molecular weight is 350 g/mol. The fourth-order valence-electron chi connectivity index (χ4n) is 2.58. The summed E-state index contributed by atoms with van der Waals surface area (Å²) in [7, 11) is 0. The van der Waals surface area contributed by atoms with Gasteiger partial charge in [0.25, 0.3) is 0 Å². The topological polar surface area (TPSA) is 12.0 Å². The number of rotatable bonds is 5. The van der Waals surface area contributed by atoms with Crippen LogP contribution in [-0.4, -0.2) is 6.54 Å². The lowest BCUT2D eigenvalue weighted by atomic mass is 9.77. The van der Waals surface area contributed by atoms with Crippen molar-refractivity contribution in [1.82, 2.24) is 5.32 Å². The van der Waals surface area contributed by atoms with Gasteiger partial charge in [-0.05, 0) is 49.4 Å². The van der Waals surface area contributed by atoms with Crippen LogP contribution in [0.3, 0.4) is 0 Å². The lowest BCUT2D eigenvalue weighted by Crippen LogP contribution is -2.32. The van der Waals surface area contributed by atoms with E-state index < -0.39 is 11.7 Å². The Morgan fingerprint density at radius 1 is 1.35 bits per heavy atom. The van der Waals surface area contributed by atoms with Crippen molar-refractivity contribution in [2.24, 2.45) is 5.92 Å². The zero-order valence-electron chi connectivity index (χ0n) is 11.4. The van der Waals surface area contributed by atoms with Crippen LogP contribution in [0.15, 0.2) is 22.7 Å². The predicted octanol–water partition coefficient (Wildman–Crippen LogP) is 5.31. The van der Waals surface area contributed by atoms with E-state index in [1.165, 1.54) is 18.6 Å². The van der Waals surface area contributed by atoms with Gasteiger partial charge in [0.15, 0.2) is 0 Å². The molecular weight excluding hydrogens is 331 g/mol. The van der Waals surface area contributed by atoms with Crippen LogP contribution in [0, 0.1) is 5.92 Å². The summed E-state index contributed by atoms with van der Waals surface area (Å²) in [6, 6.07) is 4.64. The first-order valence-electron chi connectivity index (χ1n) is 7.03. The lowest BCUT2D eigenvalue weighted by Gasteiger charge is -2.35. The smallest absolute Gasteiger partial charge is 0.310 e. The van der Waals surface area contributed by atoms with E-state index in [0.29, 0.717) is 5.92 Å². The van der Waals surface area contributed by atoms with Gasteiger partial charge in [-0.2, -0.15) is 13.2 Å². The molecule has 1 nitrogen and oxygen atoms in total. The highest BCUT2D eigenvalue weighted by molar-refractivity contribution is 9.10. The molecule has 1 aliphatic carbocycles. The van der Waals surface area contributed by atoms with E-state index in [1.54, 1.807) is 6.07 Å². The first-order valence-corrected chi connectivity index (χ1v) is 7.82. The second-order valence-electron chi connectivity index (χ2n) is 5.36. The van der Waals surface area contributed by atoms with E-state index in [9.17, 15) is 13.2 Å². The third-order valence-corrected chi connectivity index (χ3v) is 4.58. The molecule has 0 aliphatic heterocycles. The quantitative estimate of drug-likeness (QED) is 0.759. The van der Waals surface area contributed by atoms with Crippen molar-refractivity contribution in [3.05, 3.63) is 33.8 Å². The largest absolute Gasteiger partial charge is 0.417 e. The minimum Gasteiger partial charge on any atom is -0.310 e. The third-order valence-electron chi connectivity index (χ3n) is 3.89. The minimum atomic E-state index is -4.32. The minimum absolute atomic E-state index is 0.0397. The summed E-state index contributed by atoms with van der Waals surface area (Å²) in [5.41, 5.74) is 0.163.